The van der Waals surface area contributed by atoms with Crippen LogP contribution >= 0.6 is 0 Å². The summed E-state index contributed by atoms with van der Waals surface area (Å²) in [7, 11) is 3.16. The van der Waals surface area contributed by atoms with Gasteiger partial charge in [0.05, 0.1) is 11.4 Å². The van der Waals surface area contributed by atoms with Gasteiger partial charge in [-0.3, -0.25) is 0 Å². The first-order valence-corrected chi connectivity index (χ1v) is 6.68. The minimum atomic E-state index is -0.478. The third-order valence-electron chi connectivity index (χ3n) is 3.35. The maximum absolute atomic E-state index is 6.18. The Labute approximate surface area is 124 Å². The predicted octanol–water partition coefficient (Wildman–Crippen LogP) is 2.75. The van der Waals surface area contributed by atoms with Gasteiger partial charge < -0.3 is 26.3 Å². The molecule has 0 saturated carbocycles. The van der Waals surface area contributed by atoms with Crippen LogP contribution in [-0.4, -0.2) is 14.2 Å². The maximum Gasteiger partial charge on any atom is 0.185 e. The van der Waals surface area contributed by atoms with Crippen LogP contribution in [0.1, 0.15) is 17.4 Å². The van der Waals surface area contributed by atoms with Gasteiger partial charge >= 0.3 is 0 Å². The standard InChI is InChI=1S/C16H21N3O2/c1-20-16(21-2)12-7-5-9-14(15(12)18)19-10-11-6-3-4-8-13(11)17/h3-9,16,19H,10,17-18H2,1-2H3. The molecular formula is C16H21N3O2. The van der Waals surface area contributed by atoms with E-state index in [9.17, 15) is 0 Å². The number of ether oxygens (including phenoxy) is 2. The number of hydrogen-bond donors (Lipinski definition) is 3. The zero-order valence-electron chi connectivity index (χ0n) is 12.3. The van der Waals surface area contributed by atoms with Gasteiger partial charge in [0.25, 0.3) is 0 Å². The van der Waals surface area contributed by atoms with E-state index in [1.54, 1.807) is 14.2 Å². The molecule has 21 heavy (non-hydrogen) atoms. The summed E-state index contributed by atoms with van der Waals surface area (Å²) in [5, 5.41) is 3.30. The van der Waals surface area contributed by atoms with E-state index in [-0.39, 0.29) is 0 Å². The van der Waals surface area contributed by atoms with Gasteiger partial charge in [-0.2, -0.15) is 0 Å². The normalized spacial score (nSPS) is 10.8. The summed E-state index contributed by atoms with van der Waals surface area (Å²) in [6, 6.07) is 13.4. The van der Waals surface area contributed by atoms with Crippen LogP contribution in [0.2, 0.25) is 0 Å². The van der Waals surface area contributed by atoms with E-state index in [2.05, 4.69) is 5.32 Å². The van der Waals surface area contributed by atoms with E-state index >= 15 is 0 Å². The quantitative estimate of drug-likeness (QED) is 0.562. The molecular weight excluding hydrogens is 266 g/mol. The first-order valence-electron chi connectivity index (χ1n) is 6.68. The average molecular weight is 287 g/mol. The molecule has 0 bridgehead atoms. The van der Waals surface area contributed by atoms with Crippen molar-refractivity contribution in [2.45, 2.75) is 12.8 Å². The van der Waals surface area contributed by atoms with E-state index in [4.69, 9.17) is 20.9 Å². The molecule has 2 aromatic carbocycles. The largest absolute Gasteiger partial charge is 0.398 e. The van der Waals surface area contributed by atoms with Crippen molar-refractivity contribution in [1.82, 2.24) is 0 Å². The van der Waals surface area contributed by atoms with Gasteiger partial charge in [0, 0.05) is 32.0 Å². The average Bonchev–Trinajstić information content (AvgIpc) is 2.50. The van der Waals surface area contributed by atoms with E-state index in [0.717, 1.165) is 22.5 Å². The number of rotatable bonds is 6. The summed E-state index contributed by atoms with van der Waals surface area (Å²) in [6.45, 7) is 0.602. The van der Waals surface area contributed by atoms with Gasteiger partial charge in [0.2, 0.25) is 0 Å². The summed E-state index contributed by atoms with van der Waals surface area (Å²) in [5.74, 6) is 0. The highest BCUT2D eigenvalue weighted by Crippen LogP contribution is 2.30. The molecule has 0 aliphatic heterocycles. The minimum absolute atomic E-state index is 0.478. The molecule has 0 aliphatic rings. The minimum Gasteiger partial charge on any atom is -0.398 e. The van der Waals surface area contributed by atoms with Gasteiger partial charge in [-0.05, 0) is 17.7 Å². The van der Waals surface area contributed by atoms with Gasteiger partial charge in [-0.15, -0.1) is 0 Å². The molecule has 2 rings (SSSR count). The van der Waals surface area contributed by atoms with Gasteiger partial charge in [-0.1, -0.05) is 30.3 Å². The smallest absolute Gasteiger partial charge is 0.185 e. The molecule has 112 valence electrons. The fourth-order valence-corrected chi connectivity index (χ4v) is 2.18. The Balaban J connectivity index is 2.18. The highest BCUT2D eigenvalue weighted by Gasteiger charge is 2.14. The van der Waals surface area contributed by atoms with Crippen LogP contribution in [0.4, 0.5) is 17.1 Å². The third-order valence-corrected chi connectivity index (χ3v) is 3.35. The lowest BCUT2D eigenvalue weighted by atomic mass is 10.1. The molecule has 0 radical (unpaired) electrons. The number of nitrogens with one attached hydrogen (secondary N) is 1. The predicted molar refractivity (Wildman–Crippen MR) is 85.8 cm³/mol. The second-order valence-electron chi connectivity index (χ2n) is 4.66. The van der Waals surface area contributed by atoms with E-state index in [1.165, 1.54) is 0 Å². The van der Waals surface area contributed by atoms with Crippen molar-refractivity contribution in [2.24, 2.45) is 0 Å². The molecule has 5 nitrogen and oxygen atoms in total. The van der Waals surface area contributed by atoms with Crippen molar-refractivity contribution >= 4 is 17.1 Å². The highest BCUT2D eigenvalue weighted by atomic mass is 16.7. The number of benzene rings is 2. The van der Waals surface area contributed by atoms with E-state index in [0.29, 0.717) is 12.2 Å². The number of methoxy groups -OCH3 is 2. The van der Waals surface area contributed by atoms with E-state index < -0.39 is 6.29 Å². The molecule has 5 heteroatoms. The Hall–Kier alpha value is -2.24. The van der Waals surface area contributed by atoms with Crippen LogP contribution in [0, 0.1) is 0 Å². The Morgan fingerprint density at radius 3 is 2.38 bits per heavy atom. The Kier molecular flexibility index (Phi) is 5.03. The Morgan fingerprint density at radius 2 is 1.71 bits per heavy atom. The molecule has 0 aromatic heterocycles. The molecule has 2 aromatic rings. The van der Waals surface area contributed by atoms with Crippen LogP contribution in [-0.2, 0) is 16.0 Å². The first kappa shape index (κ1) is 15.2. The fourth-order valence-electron chi connectivity index (χ4n) is 2.18. The summed E-state index contributed by atoms with van der Waals surface area (Å²) < 4.78 is 10.5. The second-order valence-corrected chi connectivity index (χ2v) is 4.66. The number of hydrogen-bond acceptors (Lipinski definition) is 5. The molecule has 5 N–H and O–H groups in total. The fraction of sp³-hybridized carbons (Fsp3) is 0.250. The lowest BCUT2D eigenvalue weighted by molar-refractivity contribution is -0.105. The van der Waals surface area contributed by atoms with Gasteiger partial charge in [0.1, 0.15) is 0 Å². The summed E-state index contributed by atoms with van der Waals surface area (Å²) >= 11 is 0. The lowest BCUT2D eigenvalue weighted by Crippen LogP contribution is -2.10. The summed E-state index contributed by atoms with van der Waals surface area (Å²) in [5.41, 5.74) is 16.1. The zero-order chi connectivity index (χ0) is 15.2. The topological polar surface area (TPSA) is 82.5 Å². The van der Waals surface area contributed by atoms with E-state index in [1.807, 2.05) is 42.5 Å². The van der Waals surface area contributed by atoms with Crippen LogP contribution in [0.5, 0.6) is 0 Å². The highest BCUT2D eigenvalue weighted by molar-refractivity contribution is 5.70. The van der Waals surface area contributed by atoms with Crippen molar-refractivity contribution in [3.63, 3.8) is 0 Å². The first-order chi connectivity index (χ1) is 10.2. The molecule has 0 spiro atoms. The Bertz CT molecular complexity index is 598. The van der Waals surface area contributed by atoms with Crippen molar-refractivity contribution in [3.05, 3.63) is 53.6 Å². The zero-order valence-corrected chi connectivity index (χ0v) is 12.3. The van der Waals surface area contributed by atoms with Crippen molar-refractivity contribution in [2.75, 3.05) is 31.0 Å². The molecule has 0 amide bonds. The molecule has 0 heterocycles. The van der Waals surface area contributed by atoms with Crippen LogP contribution in [0.3, 0.4) is 0 Å². The SMILES string of the molecule is COC(OC)c1cccc(NCc2ccccc2N)c1N. The number of nitrogen functional groups attached to an aromatic ring is 2. The van der Waals surface area contributed by atoms with Crippen LogP contribution < -0.4 is 16.8 Å². The number of anilines is 3. The maximum atomic E-state index is 6.18. The molecule has 0 atom stereocenters. The number of nitrogens with two attached hydrogens (primary N) is 2. The van der Waals surface area contributed by atoms with Crippen LogP contribution in [0.15, 0.2) is 42.5 Å². The summed E-state index contributed by atoms with van der Waals surface area (Å²) in [6.07, 6.45) is -0.478. The lowest BCUT2D eigenvalue weighted by Gasteiger charge is -2.18. The van der Waals surface area contributed by atoms with Crippen molar-refractivity contribution in [1.29, 1.82) is 0 Å². The molecule has 0 saturated heterocycles. The van der Waals surface area contributed by atoms with Crippen molar-refractivity contribution < 1.29 is 9.47 Å². The van der Waals surface area contributed by atoms with Gasteiger partial charge in [-0.25, -0.2) is 0 Å². The molecule has 0 unspecified atom stereocenters. The van der Waals surface area contributed by atoms with Gasteiger partial charge in [0.15, 0.2) is 6.29 Å². The Morgan fingerprint density at radius 1 is 1.00 bits per heavy atom. The second kappa shape index (κ2) is 6.97. The number of para-hydroxylation sites is 2. The van der Waals surface area contributed by atoms with Crippen molar-refractivity contribution in [3.8, 4) is 0 Å². The van der Waals surface area contributed by atoms with Crippen LogP contribution in [0.25, 0.3) is 0 Å². The third kappa shape index (κ3) is 3.45. The molecule has 0 aliphatic carbocycles. The monoisotopic (exact) mass is 287 g/mol. The summed E-state index contributed by atoms with van der Waals surface area (Å²) in [4.78, 5) is 0. The molecule has 0 fully saturated rings.